The first kappa shape index (κ1) is 22.4. The fourth-order valence-corrected chi connectivity index (χ4v) is 5.57. The number of hydrogen-bond donors (Lipinski definition) is 0. The standard InChI is InChI=1S/C34H26N4/c1-23-12-11-15-25(22-23)33-35-32(24-13-3-2-4-14-24)36-34(37-33)28-18-7-10-21-31(28)38-29-19-8-5-16-26(29)27-17-6-9-20-30(27)38/h2-22,26,29H,1H3. The molecule has 0 amide bonds. The van der Waals surface area contributed by atoms with Gasteiger partial charge in [-0.3, -0.25) is 0 Å². The number of fused-ring (bicyclic) bond motifs is 3. The van der Waals surface area contributed by atoms with Crippen LogP contribution >= 0.6 is 0 Å². The highest BCUT2D eigenvalue weighted by Crippen LogP contribution is 2.49. The lowest BCUT2D eigenvalue weighted by atomic mass is 9.91. The Morgan fingerprint density at radius 3 is 2.08 bits per heavy atom. The van der Waals surface area contributed by atoms with Gasteiger partial charge in [-0.05, 0) is 36.8 Å². The summed E-state index contributed by atoms with van der Waals surface area (Å²) in [6, 6.07) is 35.8. The molecule has 4 aromatic carbocycles. The van der Waals surface area contributed by atoms with Gasteiger partial charge in [0.05, 0.1) is 11.7 Å². The van der Waals surface area contributed by atoms with Crippen molar-refractivity contribution >= 4 is 11.4 Å². The second kappa shape index (κ2) is 9.24. The molecule has 5 aromatic rings. The van der Waals surface area contributed by atoms with Crippen LogP contribution < -0.4 is 4.90 Å². The van der Waals surface area contributed by atoms with Crippen LogP contribution in [0.2, 0.25) is 0 Å². The van der Waals surface area contributed by atoms with Crippen molar-refractivity contribution in [1.82, 2.24) is 15.0 Å². The molecule has 0 bridgehead atoms. The van der Waals surface area contributed by atoms with Crippen LogP contribution in [0.5, 0.6) is 0 Å². The Bertz CT molecular complexity index is 1700. The van der Waals surface area contributed by atoms with Gasteiger partial charge in [-0.1, -0.05) is 109 Å². The zero-order valence-corrected chi connectivity index (χ0v) is 21.1. The minimum Gasteiger partial charge on any atom is -0.333 e. The fraction of sp³-hybridized carbons (Fsp3) is 0.0882. The van der Waals surface area contributed by atoms with Crippen molar-refractivity contribution in [3.05, 3.63) is 139 Å². The van der Waals surface area contributed by atoms with E-state index in [9.17, 15) is 0 Å². The van der Waals surface area contributed by atoms with Crippen LogP contribution in [0.4, 0.5) is 11.4 Å². The van der Waals surface area contributed by atoms with Gasteiger partial charge < -0.3 is 4.90 Å². The van der Waals surface area contributed by atoms with Crippen molar-refractivity contribution < 1.29 is 0 Å². The first-order chi connectivity index (χ1) is 18.8. The van der Waals surface area contributed by atoms with Gasteiger partial charge in [0.25, 0.3) is 0 Å². The summed E-state index contributed by atoms with van der Waals surface area (Å²) >= 11 is 0. The van der Waals surface area contributed by atoms with E-state index in [0.29, 0.717) is 23.4 Å². The van der Waals surface area contributed by atoms with Crippen LogP contribution in [0.15, 0.2) is 127 Å². The van der Waals surface area contributed by atoms with Crippen molar-refractivity contribution in [1.29, 1.82) is 0 Å². The van der Waals surface area contributed by atoms with Crippen LogP contribution in [0, 0.1) is 6.92 Å². The van der Waals surface area contributed by atoms with E-state index in [-0.39, 0.29) is 6.04 Å². The molecule has 4 heteroatoms. The Balaban J connectivity index is 1.44. The van der Waals surface area contributed by atoms with Crippen molar-refractivity contribution in [2.45, 2.75) is 18.9 Å². The largest absolute Gasteiger partial charge is 0.333 e. The fourth-order valence-electron chi connectivity index (χ4n) is 5.57. The number of allylic oxidation sites excluding steroid dienone is 2. The highest BCUT2D eigenvalue weighted by molar-refractivity contribution is 5.85. The van der Waals surface area contributed by atoms with E-state index in [2.05, 4.69) is 109 Å². The lowest BCUT2D eigenvalue weighted by molar-refractivity contribution is 0.745. The lowest BCUT2D eigenvalue weighted by Crippen LogP contribution is -2.29. The third-order valence-corrected chi connectivity index (χ3v) is 7.31. The van der Waals surface area contributed by atoms with Crippen LogP contribution in [-0.4, -0.2) is 21.0 Å². The van der Waals surface area contributed by atoms with Gasteiger partial charge in [-0.2, -0.15) is 0 Å². The number of benzene rings is 4. The molecule has 1 aliphatic carbocycles. The second-order valence-electron chi connectivity index (χ2n) is 9.77. The second-order valence-corrected chi connectivity index (χ2v) is 9.77. The quantitative estimate of drug-likeness (QED) is 0.257. The maximum absolute atomic E-state index is 5.05. The number of rotatable bonds is 4. The summed E-state index contributed by atoms with van der Waals surface area (Å²) in [5.74, 6) is 2.32. The number of aromatic nitrogens is 3. The molecular weight excluding hydrogens is 464 g/mol. The molecular formula is C34H26N4. The number of anilines is 2. The summed E-state index contributed by atoms with van der Waals surface area (Å²) in [5, 5.41) is 0. The molecule has 0 saturated carbocycles. The van der Waals surface area contributed by atoms with Gasteiger partial charge in [0.2, 0.25) is 0 Å². The molecule has 1 aliphatic heterocycles. The smallest absolute Gasteiger partial charge is 0.166 e. The lowest BCUT2D eigenvalue weighted by Gasteiger charge is -2.30. The van der Waals surface area contributed by atoms with Crippen LogP contribution in [0.3, 0.4) is 0 Å². The summed E-state index contributed by atoms with van der Waals surface area (Å²) in [7, 11) is 0. The van der Waals surface area contributed by atoms with Crippen molar-refractivity contribution in [2.24, 2.45) is 0 Å². The van der Waals surface area contributed by atoms with Gasteiger partial charge in [-0.15, -0.1) is 0 Å². The molecule has 1 aromatic heterocycles. The highest BCUT2D eigenvalue weighted by atomic mass is 15.2. The number of hydrogen-bond acceptors (Lipinski definition) is 4. The van der Waals surface area contributed by atoms with Crippen molar-refractivity contribution in [3.63, 3.8) is 0 Å². The zero-order chi connectivity index (χ0) is 25.5. The molecule has 0 radical (unpaired) electrons. The summed E-state index contributed by atoms with van der Waals surface area (Å²) in [6.07, 6.45) is 8.90. The van der Waals surface area contributed by atoms with Crippen LogP contribution in [0.25, 0.3) is 34.2 Å². The molecule has 2 atom stereocenters. The monoisotopic (exact) mass is 490 g/mol. The van der Waals surface area contributed by atoms with E-state index in [1.807, 2.05) is 30.3 Å². The van der Waals surface area contributed by atoms with E-state index in [1.165, 1.54) is 16.8 Å². The summed E-state index contributed by atoms with van der Waals surface area (Å²) in [4.78, 5) is 17.4. The van der Waals surface area contributed by atoms with E-state index in [1.54, 1.807) is 0 Å². The van der Waals surface area contributed by atoms with Crippen molar-refractivity contribution in [2.75, 3.05) is 4.90 Å². The predicted molar refractivity (Wildman–Crippen MR) is 154 cm³/mol. The predicted octanol–water partition coefficient (Wildman–Crippen LogP) is 7.91. The molecule has 0 spiro atoms. The van der Waals surface area contributed by atoms with E-state index >= 15 is 0 Å². The molecule has 0 saturated heterocycles. The molecule has 0 fully saturated rings. The summed E-state index contributed by atoms with van der Waals surface area (Å²) < 4.78 is 0. The van der Waals surface area contributed by atoms with Gasteiger partial charge in [0.1, 0.15) is 0 Å². The maximum Gasteiger partial charge on any atom is 0.166 e. The van der Waals surface area contributed by atoms with Crippen LogP contribution in [-0.2, 0) is 0 Å². The first-order valence-electron chi connectivity index (χ1n) is 13.0. The SMILES string of the molecule is Cc1cccc(-c2nc(-c3ccccc3)nc(-c3ccccc3N3c4ccccc4C4C=CC=CC43)n2)c1. The Labute approximate surface area is 222 Å². The minimum absolute atomic E-state index is 0.199. The Morgan fingerprint density at radius 1 is 0.579 bits per heavy atom. The van der Waals surface area contributed by atoms with E-state index in [4.69, 9.17) is 15.0 Å². The Kier molecular flexibility index (Phi) is 5.44. The van der Waals surface area contributed by atoms with E-state index in [0.717, 1.165) is 22.4 Å². The first-order valence-corrected chi connectivity index (χ1v) is 13.0. The molecule has 2 aliphatic rings. The molecule has 0 N–H and O–H groups in total. The van der Waals surface area contributed by atoms with Crippen molar-refractivity contribution in [3.8, 4) is 34.2 Å². The number of aryl methyl sites for hydroxylation is 1. The summed E-state index contributed by atoms with van der Waals surface area (Å²) in [6.45, 7) is 2.09. The number of para-hydroxylation sites is 2. The molecule has 182 valence electrons. The van der Waals surface area contributed by atoms with Gasteiger partial charge in [0, 0.05) is 28.3 Å². The van der Waals surface area contributed by atoms with Gasteiger partial charge in [-0.25, -0.2) is 15.0 Å². The third kappa shape index (κ3) is 3.82. The normalized spacial score (nSPS) is 17.3. The molecule has 2 unspecified atom stereocenters. The Morgan fingerprint density at radius 2 is 1.24 bits per heavy atom. The molecule has 7 rings (SSSR count). The third-order valence-electron chi connectivity index (χ3n) is 7.31. The minimum atomic E-state index is 0.199. The maximum atomic E-state index is 5.05. The molecule has 2 heterocycles. The zero-order valence-electron chi connectivity index (χ0n) is 21.1. The number of nitrogens with zero attached hydrogens (tertiary/aromatic N) is 4. The van der Waals surface area contributed by atoms with Gasteiger partial charge >= 0.3 is 0 Å². The van der Waals surface area contributed by atoms with Gasteiger partial charge in [0.15, 0.2) is 17.5 Å². The summed E-state index contributed by atoms with van der Waals surface area (Å²) in [5.41, 5.74) is 7.76. The topological polar surface area (TPSA) is 41.9 Å². The Hall–Kier alpha value is -4.83. The molecule has 38 heavy (non-hydrogen) atoms. The average molecular weight is 491 g/mol. The van der Waals surface area contributed by atoms with Crippen LogP contribution in [0.1, 0.15) is 17.0 Å². The molecule has 4 nitrogen and oxygen atoms in total. The highest BCUT2D eigenvalue weighted by Gasteiger charge is 2.38. The van der Waals surface area contributed by atoms with E-state index < -0.39 is 0 Å². The average Bonchev–Trinajstić information content (AvgIpc) is 3.32.